The molecule has 5 nitrogen and oxygen atoms in total. The van der Waals surface area contributed by atoms with Crippen molar-refractivity contribution < 1.29 is 14.7 Å². The Morgan fingerprint density at radius 3 is 2.48 bits per heavy atom. The van der Waals surface area contributed by atoms with Crippen LogP contribution < -0.4 is 11.1 Å². The normalized spacial score (nSPS) is 11.7. The van der Waals surface area contributed by atoms with Crippen molar-refractivity contribution in [2.24, 2.45) is 5.73 Å². The Hall–Kier alpha value is -2.66. The molecule has 0 heterocycles. The van der Waals surface area contributed by atoms with E-state index in [9.17, 15) is 9.59 Å². The Morgan fingerprint density at radius 2 is 1.81 bits per heavy atom. The summed E-state index contributed by atoms with van der Waals surface area (Å²) in [6.45, 7) is 0. The molecular formula is C16H16N2O3. The molecule has 1 amide bonds. The van der Waals surface area contributed by atoms with Crippen LogP contribution in [0.4, 0.5) is 5.69 Å². The molecule has 0 fully saturated rings. The zero-order chi connectivity index (χ0) is 15.2. The van der Waals surface area contributed by atoms with Gasteiger partial charge in [-0.3, -0.25) is 9.59 Å². The summed E-state index contributed by atoms with van der Waals surface area (Å²) in [6.07, 6.45) is -0.0888. The Kier molecular flexibility index (Phi) is 4.68. The number of amides is 1. The van der Waals surface area contributed by atoms with Gasteiger partial charge in [0.2, 0.25) is 5.91 Å². The molecule has 0 bridgehead atoms. The molecule has 2 aromatic rings. The van der Waals surface area contributed by atoms with Crippen LogP contribution in [0, 0.1) is 0 Å². The molecule has 0 aliphatic carbocycles. The first-order chi connectivity index (χ1) is 10.1. The molecule has 1 atom stereocenters. The summed E-state index contributed by atoms with van der Waals surface area (Å²) in [5.74, 6) is -1.26. The van der Waals surface area contributed by atoms with Gasteiger partial charge in [0.15, 0.2) is 0 Å². The highest BCUT2D eigenvalue weighted by Gasteiger charge is 2.15. The number of nitrogens with one attached hydrogen (secondary N) is 1. The number of benzene rings is 2. The molecule has 0 saturated heterocycles. The van der Waals surface area contributed by atoms with E-state index in [4.69, 9.17) is 10.8 Å². The van der Waals surface area contributed by atoms with Gasteiger partial charge in [0, 0.05) is 5.69 Å². The van der Waals surface area contributed by atoms with E-state index < -0.39 is 12.0 Å². The van der Waals surface area contributed by atoms with E-state index >= 15 is 0 Å². The topological polar surface area (TPSA) is 92.4 Å². The van der Waals surface area contributed by atoms with Crippen molar-refractivity contribution in [3.63, 3.8) is 0 Å². The smallest absolute Gasteiger partial charge is 0.307 e. The van der Waals surface area contributed by atoms with E-state index in [1.807, 2.05) is 18.2 Å². The number of anilines is 1. The minimum atomic E-state index is -0.917. The van der Waals surface area contributed by atoms with Gasteiger partial charge in [-0.25, -0.2) is 0 Å². The first-order valence-corrected chi connectivity index (χ1v) is 6.48. The molecule has 0 saturated carbocycles. The number of carbonyl (C=O) groups excluding carboxylic acids is 1. The van der Waals surface area contributed by atoms with E-state index in [1.54, 1.807) is 36.4 Å². The van der Waals surface area contributed by atoms with Crippen molar-refractivity contribution in [2.75, 3.05) is 5.32 Å². The number of aliphatic carboxylic acids is 1. The molecule has 0 aliphatic rings. The van der Waals surface area contributed by atoms with Crippen LogP contribution in [0.25, 0.3) is 0 Å². The summed E-state index contributed by atoms with van der Waals surface area (Å²) in [5.41, 5.74) is 7.77. The lowest BCUT2D eigenvalue weighted by Crippen LogP contribution is -2.27. The highest BCUT2D eigenvalue weighted by atomic mass is 16.4. The van der Waals surface area contributed by atoms with Gasteiger partial charge in [-0.1, -0.05) is 42.5 Å². The van der Waals surface area contributed by atoms with E-state index in [2.05, 4.69) is 5.32 Å². The predicted octanol–water partition coefficient (Wildman–Crippen LogP) is 1.95. The van der Waals surface area contributed by atoms with Crippen molar-refractivity contribution in [3.8, 4) is 0 Å². The van der Waals surface area contributed by atoms with Gasteiger partial charge in [-0.05, 0) is 23.3 Å². The highest BCUT2D eigenvalue weighted by molar-refractivity contribution is 5.95. The van der Waals surface area contributed by atoms with E-state index in [1.165, 1.54) is 0 Å². The minimum Gasteiger partial charge on any atom is -0.481 e. The van der Waals surface area contributed by atoms with Crippen molar-refractivity contribution in [2.45, 2.75) is 12.5 Å². The molecule has 21 heavy (non-hydrogen) atoms. The zero-order valence-corrected chi connectivity index (χ0v) is 11.3. The van der Waals surface area contributed by atoms with Crippen LogP contribution in [0.2, 0.25) is 0 Å². The summed E-state index contributed by atoms with van der Waals surface area (Å²) in [6, 6.07) is 15.0. The molecule has 0 aliphatic heterocycles. The standard InChI is InChI=1S/C16H16N2O3/c17-15(12-6-2-1-3-7-12)16(21)18-13-8-4-5-11(9-13)10-14(19)20/h1-9,15H,10,17H2,(H,18,21)(H,19,20). The molecular weight excluding hydrogens is 268 g/mol. The third kappa shape index (κ3) is 4.15. The lowest BCUT2D eigenvalue weighted by molar-refractivity contribution is -0.136. The van der Waals surface area contributed by atoms with E-state index in [0.717, 1.165) is 5.56 Å². The molecule has 2 aromatic carbocycles. The van der Waals surface area contributed by atoms with Gasteiger partial charge in [0.1, 0.15) is 6.04 Å². The lowest BCUT2D eigenvalue weighted by atomic mass is 10.1. The number of carboxylic acids is 1. The summed E-state index contributed by atoms with van der Waals surface area (Å²) in [7, 11) is 0. The third-order valence-corrected chi connectivity index (χ3v) is 2.99. The van der Waals surface area contributed by atoms with E-state index in [-0.39, 0.29) is 12.3 Å². The van der Waals surface area contributed by atoms with Crippen LogP contribution in [-0.4, -0.2) is 17.0 Å². The Bertz CT molecular complexity index is 641. The molecule has 1 unspecified atom stereocenters. The van der Waals surface area contributed by atoms with Gasteiger partial charge < -0.3 is 16.2 Å². The average Bonchev–Trinajstić information content (AvgIpc) is 2.47. The van der Waals surface area contributed by atoms with Gasteiger partial charge in [0.25, 0.3) is 0 Å². The van der Waals surface area contributed by atoms with Crippen LogP contribution in [0.3, 0.4) is 0 Å². The molecule has 4 N–H and O–H groups in total. The highest BCUT2D eigenvalue weighted by Crippen LogP contribution is 2.15. The number of nitrogens with two attached hydrogens (primary N) is 1. The average molecular weight is 284 g/mol. The van der Waals surface area contributed by atoms with Gasteiger partial charge >= 0.3 is 5.97 Å². The number of hydrogen-bond donors (Lipinski definition) is 3. The van der Waals surface area contributed by atoms with Gasteiger partial charge in [-0.15, -0.1) is 0 Å². The van der Waals surface area contributed by atoms with Crippen LogP contribution >= 0.6 is 0 Å². The summed E-state index contributed by atoms with van der Waals surface area (Å²) in [4.78, 5) is 22.8. The summed E-state index contributed by atoms with van der Waals surface area (Å²) in [5, 5.41) is 11.5. The summed E-state index contributed by atoms with van der Waals surface area (Å²) >= 11 is 0. The Morgan fingerprint density at radius 1 is 1.10 bits per heavy atom. The first kappa shape index (κ1) is 14.7. The molecule has 5 heteroatoms. The molecule has 2 rings (SSSR count). The fourth-order valence-electron chi connectivity index (χ4n) is 1.97. The number of hydrogen-bond acceptors (Lipinski definition) is 3. The quantitative estimate of drug-likeness (QED) is 0.782. The van der Waals surface area contributed by atoms with Gasteiger partial charge in [0.05, 0.1) is 6.42 Å². The second kappa shape index (κ2) is 6.67. The largest absolute Gasteiger partial charge is 0.481 e. The summed E-state index contributed by atoms with van der Waals surface area (Å²) < 4.78 is 0. The number of rotatable bonds is 5. The van der Waals surface area contributed by atoms with Crippen molar-refractivity contribution >= 4 is 17.6 Å². The van der Waals surface area contributed by atoms with Crippen LogP contribution in [0.15, 0.2) is 54.6 Å². The minimum absolute atomic E-state index is 0.0888. The number of carboxylic acid groups (broad SMARTS) is 1. The first-order valence-electron chi connectivity index (χ1n) is 6.48. The van der Waals surface area contributed by atoms with Crippen molar-refractivity contribution in [1.82, 2.24) is 0 Å². The lowest BCUT2D eigenvalue weighted by Gasteiger charge is -2.13. The fraction of sp³-hybridized carbons (Fsp3) is 0.125. The molecule has 108 valence electrons. The van der Waals surface area contributed by atoms with Crippen molar-refractivity contribution in [1.29, 1.82) is 0 Å². The zero-order valence-electron chi connectivity index (χ0n) is 11.3. The maximum Gasteiger partial charge on any atom is 0.307 e. The Labute approximate surface area is 122 Å². The van der Waals surface area contributed by atoms with Crippen molar-refractivity contribution in [3.05, 3.63) is 65.7 Å². The van der Waals surface area contributed by atoms with Crippen LogP contribution in [0.5, 0.6) is 0 Å². The molecule has 0 spiro atoms. The van der Waals surface area contributed by atoms with Gasteiger partial charge in [-0.2, -0.15) is 0 Å². The maximum absolute atomic E-state index is 12.1. The van der Waals surface area contributed by atoms with Crippen LogP contribution in [-0.2, 0) is 16.0 Å². The monoisotopic (exact) mass is 284 g/mol. The molecule has 0 radical (unpaired) electrons. The van der Waals surface area contributed by atoms with E-state index in [0.29, 0.717) is 11.3 Å². The predicted molar refractivity (Wildman–Crippen MR) is 79.8 cm³/mol. The van der Waals surface area contributed by atoms with Crippen LogP contribution in [0.1, 0.15) is 17.2 Å². The third-order valence-electron chi connectivity index (χ3n) is 2.99. The maximum atomic E-state index is 12.1. The number of carbonyl (C=O) groups is 2. The molecule has 0 aromatic heterocycles. The Balaban J connectivity index is 2.07. The SMILES string of the molecule is NC(C(=O)Nc1cccc(CC(=O)O)c1)c1ccccc1. The second-order valence-electron chi connectivity index (χ2n) is 4.65. The second-order valence-corrected chi connectivity index (χ2v) is 4.65. The fourth-order valence-corrected chi connectivity index (χ4v) is 1.97.